The molecule has 0 aliphatic carbocycles. The summed E-state index contributed by atoms with van der Waals surface area (Å²) in [5, 5.41) is 5.53. The number of halogens is 2. The van der Waals surface area contributed by atoms with Gasteiger partial charge in [-0.2, -0.15) is 4.31 Å². The normalized spacial score (nSPS) is 17.2. The minimum atomic E-state index is -3.79. The average Bonchev–Trinajstić information content (AvgIpc) is 3.39. The molecule has 2 aromatic carbocycles. The maximum absolute atomic E-state index is 13.0. The Labute approximate surface area is 192 Å². The SMILES string of the molecule is O=C(Nc1nc(-c2ccc(Br)cc2)cs1)[C@H]1CCCN1S(=O)(=O)c1ccc(Cl)cc1. The number of carbonyl (C=O) groups excluding carboxylic acids is 1. The van der Waals surface area contributed by atoms with Crippen LogP contribution in [-0.2, 0) is 14.8 Å². The number of rotatable bonds is 5. The molecule has 0 radical (unpaired) electrons. The summed E-state index contributed by atoms with van der Waals surface area (Å²) < 4.78 is 28.3. The quantitative estimate of drug-likeness (QED) is 0.506. The largest absolute Gasteiger partial charge is 0.301 e. The van der Waals surface area contributed by atoms with Gasteiger partial charge in [0.05, 0.1) is 10.6 Å². The molecule has 30 heavy (non-hydrogen) atoms. The van der Waals surface area contributed by atoms with Crippen molar-refractivity contribution in [2.75, 3.05) is 11.9 Å². The number of hydrogen-bond donors (Lipinski definition) is 1. The van der Waals surface area contributed by atoms with E-state index in [1.54, 1.807) is 0 Å². The molecule has 0 saturated carbocycles. The molecule has 0 bridgehead atoms. The summed E-state index contributed by atoms with van der Waals surface area (Å²) in [5.41, 5.74) is 1.68. The lowest BCUT2D eigenvalue weighted by molar-refractivity contribution is -0.119. The number of sulfonamides is 1. The molecule has 4 rings (SSSR count). The number of aromatic nitrogens is 1. The van der Waals surface area contributed by atoms with Crippen LogP contribution < -0.4 is 5.32 Å². The minimum Gasteiger partial charge on any atom is -0.301 e. The zero-order valence-electron chi connectivity index (χ0n) is 15.6. The lowest BCUT2D eigenvalue weighted by atomic mass is 10.2. The second kappa shape index (κ2) is 8.76. The number of hydrogen-bond acceptors (Lipinski definition) is 5. The number of carbonyl (C=O) groups is 1. The van der Waals surface area contributed by atoms with Crippen LogP contribution in [0, 0.1) is 0 Å². The van der Waals surface area contributed by atoms with Crippen molar-refractivity contribution in [1.29, 1.82) is 0 Å². The van der Waals surface area contributed by atoms with Gasteiger partial charge in [-0.15, -0.1) is 11.3 Å². The molecule has 6 nitrogen and oxygen atoms in total. The van der Waals surface area contributed by atoms with Gasteiger partial charge in [0.1, 0.15) is 6.04 Å². The van der Waals surface area contributed by atoms with Gasteiger partial charge in [0.2, 0.25) is 15.9 Å². The van der Waals surface area contributed by atoms with Crippen LogP contribution >= 0.6 is 38.9 Å². The number of amides is 1. The van der Waals surface area contributed by atoms with E-state index in [1.165, 1.54) is 39.9 Å². The van der Waals surface area contributed by atoms with Crippen LogP contribution in [0.5, 0.6) is 0 Å². The van der Waals surface area contributed by atoms with Crippen LogP contribution in [-0.4, -0.2) is 36.2 Å². The number of nitrogens with one attached hydrogen (secondary N) is 1. The van der Waals surface area contributed by atoms with Crippen LogP contribution in [0.15, 0.2) is 63.3 Å². The second-order valence-corrected chi connectivity index (χ2v) is 10.9. The predicted molar refractivity (Wildman–Crippen MR) is 122 cm³/mol. The summed E-state index contributed by atoms with van der Waals surface area (Å²) in [6.07, 6.45) is 1.08. The first-order chi connectivity index (χ1) is 14.3. The molecule has 156 valence electrons. The molecule has 1 amide bonds. The molecule has 1 N–H and O–H groups in total. The molecule has 10 heteroatoms. The molecule has 1 aromatic heterocycles. The average molecular weight is 527 g/mol. The fourth-order valence-corrected chi connectivity index (χ4v) is 6.07. The summed E-state index contributed by atoms with van der Waals surface area (Å²) >= 11 is 10.6. The van der Waals surface area contributed by atoms with Gasteiger partial charge >= 0.3 is 0 Å². The smallest absolute Gasteiger partial charge is 0.244 e. The number of nitrogens with zero attached hydrogens (tertiary/aromatic N) is 2. The zero-order valence-corrected chi connectivity index (χ0v) is 19.6. The van der Waals surface area contributed by atoms with E-state index in [0.717, 1.165) is 15.7 Å². The van der Waals surface area contributed by atoms with Crippen LogP contribution in [0.2, 0.25) is 5.02 Å². The molecular formula is C20H17BrClN3O3S2. The molecule has 0 unspecified atom stereocenters. The first-order valence-electron chi connectivity index (χ1n) is 9.14. The molecule has 3 aromatic rings. The van der Waals surface area contributed by atoms with E-state index in [-0.39, 0.29) is 10.8 Å². The van der Waals surface area contributed by atoms with Crippen LogP contribution in [0.3, 0.4) is 0 Å². The summed E-state index contributed by atoms with van der Waals surface area (Å²) in [6, 6.07) is 12.9. The molecule has 1 atom stereocenters. The van der Waals surface area contributed by atoms with Crippen molar-refractivity contribution in [3.8, 4) is 11.3 Å². The summed E-state index contributed by atoms with van der Waals surface area (Å²) in [6.45, 7) is 0.297. The minimum absolute atomic E-state index is 0.123. The van der Waals surface area contributed by atoms with Gasteiger partial charge in [-0.3, -0.25) is 4.79 Å². The predicted octanol–water partition coefficient (Wildman–Crippen LogP) is 5.02. The van der Waals surface area contributed by atoms with Crippen LogP contribution in [0.1, 0.15) is 12.8 Å². The maximum Gasteiger partial charge on any atom is 0.244 e. The van der Waals surface area contributed by atoms with Gasteiger partial charge in [-0.05, 0) is 49.2 Å². The third-order valence-electron chi connectivity index (χ3n) is 4.80. The lowest BCUT2D eigenvalue weighted by Gasteiger charge is -2.23. The highest BCUT2D eigenvalue weighted by Crippen LogP contribution is 2.30. The molecule has 1 saturated heterocycles. The fourth-order valence-electron chi connectivity index (χ4n) is 3.30. The van der Waals surface area contributed by atoms with E-state index in [9.17, 15) is 13.2 Å². The highest BCUT2D eigenvalue weighted by atomic mass is 79.9. The Bertz CT molecular complexity index is 1160. The van der Waals surface area contributed by atoms with Crippen molar-refractivity contribution in [3.63, 3.8) is 0 Å². The summed E-state index contributed by atoms with van der Waals surface area (Å²) in [5.74, 6) is -0.373. The fraction of sp³-hybridized carbons (Fsp3) is 0.200. The second-order valence-electron chi connectivity index (χ2n) is 6.76. The van der Waals surface area contributed by atoms with Gasteiger partial charge in [0.25, 0.3) is 0 Å². The highest BCUT2D eigenvalue weighted by molar-refractivity contribution is 9.10. The Hall–Kier alpha value is -1.78. The zero-order chi connectivity index (χ0) is 21.3. The Morgan fingerprint density at radius 2 is 1.87 bits per heavy atom. The van der Waals surface area contributed by atoms with Crippen LogP contribution in [0.25, 0.3) is 11.3 Å². The summed E-state index contributed by atoms with van der Waals surface area (Å²) in [7, 11) is -3.79. The van der Waals surface area contributed by atoms with Crippen molar-refractivity contribution in [1.82, 2.24) is 9.29 Å². The van der Waals surface area contributed by atoms with Crippen molar-refractivity contribution in [2.45, 2.75) is 23.8 Å². The van der Waals surface area contributed by atoms with Gasteiger partial charge < -0.3 is 5.32 Å². The van der Waals surface area contributed by atoms with Gasteiger partial charge in [-0.1, -0.05) is 39.7 Å². The highest BCUT2D eigenvalue weighted by Gasteiger charge is 2.39. The van der Waals surface area contributed by atoms with Crippen LogP contribution in [0.4, 0.5) is 5.13 Å². The van der Waals surface area contributed by atoms with E-state index in [1.807, 2.05) is 29.6 Å². The third-order valence-corrected chi connectivity index (χ3v) is 8.26. The summed E-state index contributed by atoms with van der Waals surface area (Å²) in [4.78, 5) is 17.5. The van der Waals surface area contributed by atoms with E-state index in [0.29, 0.717) is 29.5 Å². The van der Waals surface area contributed by atoms with Gasteiger partial charge in [0.15, 0.2) is 5.13 Å². The number of anilines is 1. The van der Waals surface area contributed by atoms with E-state index >= 15 is 0 Å². The van der Waals surface area contributed by atoms with E-state index in [2.05, 4.69) is 26.2 Å². The Kier molecular flexibility index (Phi) is 6.26. The monoisotopic (exact) mass is 525 g/mol. The topological polar surface area (TPSA) is 79.4 Å². The number of benzene rings is 2. The Morgan fingerprint density at radius 3 is 2.57 bits per heavy atom. The van der Waals surface area contributed by atoms with E-state index < -0.39 is 16.1 Å². The Morgan fingerprint density at radius 1 is 1.17 bits per heavy atom. The first-order valence-corrected chi connectivity index (χ1v) is 12.6. The molecule has 1 fully saturated rings. The van der Waals surface area contributed by atoms with E-state index in [4.69, 9.17) is 11.6 Å². The van der Waals surface area contributed by atoms with Crippen molar-refractivity contribution in [3.05, 3.63) is 63.4 Å². The third kappa shape index (κ3) is 4.45. The molecule has 0 spiro atoms. The standard InChI is InChI=1S/C20H17BrClN3O3S2/c21-14-5-3-13(4-6-14)17-12-29-20(23-17)24-19(26)18-2-1-11-25(18)30(27,28)16-9-7-15(22)8-10-16/h3-10,12,18H,1-2,11H2,(H,23,24,26)/t18-/m1/s1. The number of thiazole rings is 1. The molecule has 2 heterocycles. The molecular weight excluding hydrogens is 510 g/mol. The van der Waals surface area contributed by atoms with Gasteiger partial charge in [0, 0.05) is 27.0 Å². The van der Waals surface area contributed by atoms with Crippen molar-refractivity contribution >= 4 is 59.9 Å². The lowest BCUT2D eigenvalue weighted by Crippen LogP contribution is -2.43. The molecule has 1 aliphatic heterocycles. The van der Waals surface area contributed by atoms with Crippen molar-refractivity contribution < 1.29 is 13.2 Å². The molecule has 1 aliphatic rings. The first kappa shape index (κ1) is 21.5. The maximum atomic E-state index is 13.0. The van der Waals surface area contributed by atoms with Gasteiger partial charge in [-0.25, -0.2) is 13.4 Å². The Balaban J connectivity index is 1.50. The van der Waals surface area contributed by atoms with Crippen molar-refractivity contribution in [2.24, 2.45) is 0 Å².